The van der Waals surface area contributed by atoms with Gasteiger partial charge < -0.3 is 9.84 Å². The van der Waals surface area contributed by atoms with Crippen molar-refractivity contribution >= 4 is 17.7 Å². The highest BCUT2D eigenvalue weighted by molar-refractivity contribution is 7.99. The van der Waals surface area contributed by atoms with Crippen LogP contribution in [0.25, 0.3) is 0 Å². The highest BCUT2D eigenvalue weighted by Crippen LogP contribution is 2.28. The average molecular weight is 253 g/mol. The SMILES string of the molecule is COc1ccc(C(C)=NSC(C)(C)C)c(O)c1. The molecule has 3 nitrogen and oxygen atoms in total. The van der Waals surface area contributed by atoms with Gasteiger partial charge in [0, 0.05) is 16.4 Å². The lowest BCUT2D eigenvalue weighted by molar-refractivity contribution is 0.407. The fraction of sp³-hybridized carbons (Fsp3) is 0.462. The van der Waals surface area contributed by atoms with Gasteiger partial charge in [-0.25, -0.2) is 4.40 Å². The van der Waals surface area contributed by atoms with E-state index in [1.165, 1.54) is 11.9 Å². The number of phenolic OH excluding ortho intramolecular Hbond substituents is 1. The summed E-state index contributed by atoms with van der Waals surface area (Å²) in [6.45, 7) is 8.19. The van der Waals surface area contributed by atoms with Gasteiger partial charge in [-0.15, -0.1) is 0 Å². The quantitative estimate of drug-likeness (QED) is 0.660. The molecule has 17 heavy (non-hydrogen) atoms. The topological polar surface area (TPSA) is 41.8 Å². The Morgan fingerprint density at radius 2 is 2.00 bits per heavy atom. The van der Waals surface area contributed by atoms with Crippen LogP contribution in [0.1, 0.15) is 33.3 Å². The van der Waals surface area contributed by atoms with Crippen LogP contribution in [-0.4, -0.2) is 22.7 Å². The van der Waals surface area contributed by atoms with Crippen molar-refractivity contribution in [2.75, 3.05) is 7.11 Å². The molecule has 0 saturated carbocycles. The largest absolute Gasteiger partial charge is 0.507 e. The first-order chi connectivity index (χ1) is 7.83. The maximum atomic E-state index is 9.85. The van der Waals surface area contributed by atoms with Gasteiger partial charge in [0.25, 0.3) is 0 Å². The van der Waals surface area contributed by atoms with E-state index in [1.807, 2.05) is 19.1 Å². The molecule has 0 aromatic heterocycles. The first-order valence-corrected chi connectivity index (χ1v) is 6.21. The van der Waals surface area contributed by atoms with Crippen molar-refractivity contribution in [2.24, 2.45) is 4.40 Å². The number of aromatic hydroxyl groups is 1. The van der Waals surface area contributed by atoms with Crippen molar-refractivity contribution in [1.82, 2.24) is 0 Å². The van der Waals surface area contributed by atoms with Crippen LogP contribution in [-0.2, 0) is 0 Å². The Bertz CT molecular complexity index is 422. The molecule has 0 amide bonds. The lowest BCUT2D eigenvalue weighted by atomic mass is 10.1. The molecule has 0 bridgehead atoms. The van der Waals surface area contributed by atoms with E-state index in [-0.39, 0.29) is 10.5 Å². The third-order valence-electron chi connectivity index (χ3n) is 2.05. The van der Waals surface area contributed by atoms with Crippen LogP contribution in [0, 0.1) is 0 Å². The number of hydrogen-bond donors (Lipinski definition) is 1. The molecule has 0 fully saturated rings. The Kier molecular flexibility index (Phi) is 4.46. The maximum Gasteiger partial charge on any atom is 0.128 e. The van der Waals surface area contributed by atoms with Gasteiger partial charge in [-0.2, -0.15) is 0 Å². The van der Waals surface area contributed by atoms with Crippen LogP contribution in [0.4, 0.5) is 0 Å². The van der Waals surface area contributed by atoms with E-state index in [0.29, 0.717) is 5.75 Å². The minimum absolute atomic E-state index is 0.0728. The van der Waals surface area contributed by atoms with Gasteiger partial charge in [-0.1, -0.05) is 0 Å². The molecule has 0 heterocycles. The van der Waals surface area contributed by atoms with Gasteiger partial charge in [0.1, 0.15) is 11.5 Å². The Labute approximate surface area is 107 Å². The Morgan fingerprint density at radius 3 is 2.47 bits per heavy atom. The standard InChI is InChI=1S/C13H19NO2S/c1-9(14-17-13(2,3)4)11-7-6-10(16-5)8-12(11)15/h6-8,15H,1-5H3. The summed E-state index contributed by atoms with van der Waals surface area (Å²) in [4.78, 5) is 0. The second-order valence-electron chi connectivity index (χ2n) is 4.76. The summed E-state index contributed by atoms with van der Waals surface area (Å²) in [6, 6.07) is 5.22. The van der Waals surface area contributed by atoms with Crippen molar-refractivity contribution in [3.8, 4) is 11.5 Å². The molecule has 0 aliphatic carbocycles. The third-order valence-corrected chi connectivity index (χ3v) is 2.96. The zero-order chi connectivity index (χ0) is 13.1. The molecule has 0 saturated heterocycles. The second-order valence-corrected chi connectivity index (χ2v) is 6.35. The van der Waals surface area contributed by atoms with Crippen molar-refractivity contribution in [3.63, 3.8) is 0 Å². The fourth-order valence-electron chi connectivity index (χ4n) is 1.20. The number of nitrogens with zero attached hydrogens (tertiary/aromatic N) is 1. The molecule has 0 spiro atoms. The number of hydrogen-bond acceptors (Lipinski definition) is 4. The summed E-state index contributed by atoms with van der Waals surface area (Å²) in [7, 11) is 1.57. The molecule has 94 valence electrons. The van der Waals surface area contributed by atoms with Crippen LogP contribution in [0.3, 0.4) is 0 Å². The van der Waals surface area contributed by atoms with Gasteiger partial charge in [-0.3, -0.25) is 0 Å². The Hall–Kier alpha value is -1.16. The highest BCUT2D eigenvalue weighted by atomic mass is 32.2. The zero-order valence-electron chi connectivity index (χ0n) is 10.9. The van der Waals surface area contributed by atoms with Crippen molar-refractivity contribution in [1.29, 1.82) is 0 Å². The third kappa shape index (κ3) is 4.30. The molecule has 0 atom stereocenters. The van der Waals surface area contributed by atoms with Gasteiger partial charge in [0.05, 0.1) is 12.8 Å². The van der Waals surface area contributed by atoms with E-state index in [9.17, 15) is 5.11 Å². The summed E-state index contributed by atoms with van der Waals surface area (Å²) in [6.07, 6.45) is 0. The monoisotopic (exact) mass is 253 g/mol. The van der Waals surface area contributed by atoms with Crippen LogP contribution < -0.4 is 4.74 Å². The molecular weight excluding hydrogens is 234 g/mol. The minimum Gasteiger partial charge on any atom is -0.507 e. The Morgan fingerprint density at radius 1 is 1.35 bits per heavy atom. The molecule has 1 N–H and O–H groups in total. The first kappa shape index (κ1) is 13.9. The van der Waals surface area contributed by atoms with E-state index >= 15 is 0 Å². The Balaban J connectivity index is 2.93. The van der Waals surface area contributed by atoms with Gasteiger partial charge in [0.2, 0.25) is 0 Å². The number of phenols is 1. The van der Waals surface area contributed by atoms with E-state index in [4.69, 9.17) is 4.74 Å². The van der Waals surface area contributed by atoms with Crippen molar-refractivity contribution in [3.05, 3.63) is 23.8 Å². The summed E-state index contributed by atoms with van der Waals surface area (Å²) in [5.41, 5.74) is 1.55. The maximum absolute atomic E-state index is 9.85. The minimum atomic E-state index is 0.0728. The van der Waals surface area contributed by atoms with Crippen LogP contribution in [0.2, 0.25) is 0 Å². The zero-order valence-corrected chi connectivity index (χ0v) is 11.8. The number of rotatable bonds is 3. The first-order valence-electron chi connectivity index (χ1n) is 5.43. The smallest absolute Gasteiger partial charge is 0.128 e. The number of ether oxygens (including phenoxy) is 1. The molecule has 1 rings (SSSR count). The lowest BCUT2D eigenvalue weighted by Gasteiger charge is -2.14. The molecule has 0 aliphatic heterocycles. The molecule has 4 heteroatoms. The van der Waals surface area contributed by atoms with Gasteiger partial charge in [-0.05, 0) is 51.8 Å². The average Bonchev–Trinajstić information content (AvgIpc) is 2.24. The molecule has 0 radical (unpaired) electrons. The predicted molar refractivity (Wildman–Crippen MR) is 74.2 cm³/mol. The molecule has 0 aliphatic rings. The second kappa shape index (κ2) is 5.45. The van der Waals surface area contributed by atoms with E-state index in [2.05, 4.69) is 25.2 Å². The molecule has 0 unspecified atom stereocenters. The number of methoxy groups -OCH3 is 1. The normalized spacial score (nSPS) is 12.6. The summed E-state index contributed by atoms with van der Waals surface area (Å²) in [5.74, 6) is 0.836. The molecule has 1 aromatic carbocycles. The van der Waals surface area contributed by atoms with Gasteiger partial charge >= 0.3 is 0 Å². The van der Waals surface area contributed by atoms with Crippen LogP contribution >= 0.6 is 11.9 Å². The van der Waals surface area contributed by atoms with E-state index in [1.54, 1.807) is 13.2 Å². The lowest BCUT2D eigenvalue weighted by Crippen LogP contribution is -2.06. The fourth-order valence-corrected chi connectivity index (χ4v) is 1.71. The summed E-state index contributed by atoms with van der Waals surface area (Å²) < 4.78 is 9.53. The molecular formula is C13H19NO2S. The highest BCUT2D eigenvalue weighted by Gasteiger charge is 2.12. The van der Waals surface area contributed by atoms with E-state index < -0.39 is 0 Å². The van der Waals surface area contributed by atoms with Crippen molar-refractivity contribution in [2.45, 2.75) is 32.4 Å². The number of benzene rings is 1. The predicted octanol–water partition coefficient (Wildman–Crippen LogP) is 3.66. The molecule has 1 aromatic rings. The van der Waals surface area contributed by atoms with Gasteiger partial charge in [0.15, 0.2) is 0 Å². The van der Waals surface area contributed by atoms with Crippen molar-refractivity contribution < 1.29 is 9.84 Å². The van der Waals surface area contributed by atoms with Crippen LogP contribution in [0.15, 0.2) is 22.6 Å². The van der Waals surface area contributed by atoms with E-state index in [0.717, 1.165) is 11.3 Å². The van der Waals surface area contributed by atoms with Crippen LogP contribution in [0.5, 0.6) is 11.5 Å². The summed E-state index contributed by atoms with van der Waals surface area (Å²) in [5, 5.41) is 9.85. The summed E-state index contributed by atoms with van der Waals surface area (Å²) >= 11 is 1.50.